The molecule has 2 heterocycles. The van der Waals surface area contributed by atoms with Gasteiger partial charge in [0, 0.05) is 25.3 Å². The lowest BCUT2D eigenvalue weighted by Crippen LogP contribution is -2.72. The molecule has 0 aromatic heterocycles. The van der Waals surface area contributed by atoms with Crippen LogP contribution in [0.3, 0.4) is 0 Å². The van der Waals surface area contributed by atoms with Crippen LogP contribution in [0.2, 0.25) is 0 Å². The molecule has 2 saturated heterocycles. The number of carbonyl (C=O) groups excluding carboxylic acids is 2. The standard InChI is InChI=1S/C16H23NO2/c1-10-7-11-8-14(18)13-3-2-6-17-15(19)5-4-12(11)16(13,17)9-10/h10-13H,2-9H2,1H3. The average molecular weight is 261 g/mol. The maximum Gasteiger partial charge on any atom is 0.223 e. The van der Waals surface area contributed by atoms with Crippen molar-refractivity contribution in [3.05, 3.63) is 0 Å². The van der Waals surface area contributed by atoms with Crippen molar-refractivity contribution in [3.63, 3.8) is 0 Å². The van der Waals surface area contributed by atoms with Crippen molar-refractivity contribution in [2.24, 2.45) is 23.7 Å². The number of amides is 1. The fraction of sp³-hybridized carbons (Fsp3) is 0.875. The Hall–Kier alpha value is -0.860. The summed E-state index contributed by atoms with van der Waals surface area (Å²) in [5, 5.41) is 0. The number of hydrogen-bond donors (Lipinski definition) is 0. The molecule has 2 aliphatic heterocycles. The first kappa shape index (κ1) is 11.9. The van der Waals surface area contributed by atoms with E-state index in [2.05, 4.69) is 11.8 Å². The van der Waals surface area contributed by atoms with Gasteiger partial charge in [0.2, 0.25) is 5.91 Å². The molecule has 2 aliphatic carbocycles. The molecule has 19 heavy (non-hydrogen) atoms. The van der Waals surface area contributed by atoms with Crippen molar-refractivity contribution in [1.29, 1.82) is 0 Å². The second-order valence-corrected chi connectivity index (χ2v) is 7.35. The first-order chi connectivity index (χ1) is 9.13. The summed E-state index contributed by atoms with van der Waals surface area (Å²) in [6, 6.07) is 0. The number of Topliss-reactive ketones (excluding diaryl/α,β-unsaturated/α-hetero) is 1. The first-order valence-electron chi connectivity index (χ1n) is 7.96. The maximum atomic E-state index is 12.5. The Morgan fingerprint density at radius 1 is 1.26 bits per heavy atom. The van der Waals surface area contributed by atoms with Gasteiger partial charge in [0.05, 0.1) is 5.54 Å². The number of hydrogen-bond acceptors (Lipinski definition) is 2. The molecule has 0 N–H and O–H groups in total. The molecule has 4 fully saturated rings. The van der Waals surface area contributed by atoms with Crippen molar-refractivity contribution in [2.45, 2.75) is 57.4 Å². The van der Waals surface area contributed by atoms with Crippen LogP contribution in [0.4, 0.5) is 0 Å². The third kappa shape index (κ3) is 1.39. The molecule has 0 aromatic rings. The van der Waals surface area contributed by atoms with E-state index in [1.165, 1.54) is 6.42 Å². The van der Waals surface area contributed by atoms with Crippen LogP contribution in [0.25, 0.3) is 0 Å². The molecule has 2 bridgehead atoms. The highest BCUT2D eigenvalue weighted by Crippen LogP contribution is 2.59. The number of carbonyl (C=O) groups is 2. The Kier molecular flexibility index (Phi) is 2.40. The van der Waals surface area contributed by atoms with Gasteiger partial charge >= 0.3 is 0 Å². The molecule has 1 spiro atoms. The molecule has 1 amide bonds. The molecule has 4 rings (SSSR count). The van der Waals surface area contributed by atoms with Crippen LogP contribution in [0.15, 0.2) is 0 Å². The summed E-state index contributed by atoms with van der Waals surface area (Å²) >= 11 is 0. The van der Waals surface area contributed by atoms with E-state index in [-0.39, 0.29) is 11.5 Å². The van der Waals surface area contributed by atoms with Crippen LogP contribution >= 0.6 is 0 Å². The normalized spacial score (nSPS) is 49.0. The lowest BCUT2D eigenvalue weighted by Gasteiger charge is -2.65. The third-order valence-electron chi connectivity index (χ3n) is 6.39. The van der Waals surface area contributed by atoms with Gasteiger partial charge in [-0.3, -0.25) is 9.59 Å². The number of nitrogens with zero attached hydrogens (tertiary/aromatic N) is 1. The van der Waals surface area contributed by atoms with Gasteiger partial charge in [-0.05, 0) is 49.9 Å². The zero-order chi connectivity index (χ0) is 13.2. The van der Waals surface area contributed by atoms with Crippen LogP contribution in [0.5, 0.6) is 0 Å². The molecule has 5 unspecified atom stereocenters. The molecular weight excluding hydrogens is 238 g/mol. The van der Waals surface area contributed by atoms with E-state index in [1.54, 1.807) is 0 Å². The minimum Gasteiger partial charge on any atom is -0.336 e. The monoisotopic (exact) mass is 261 g/mol. The summed E-state index contributed by atoms with van der Waals surface area (Å²) in [6.07, 6.45) is 6.88. The summed E-state index contributed by atoms with van der Waals surface area (Å²) in [7, 11) is 0. The lowest BCUT2D eigenvalue weighted by molar-refractivity contribution is -0.184. The molecule has 2 saturated carbocycles. The Labute approximate surface area is 114 Å². The summed E-state index contributed by atoms with van der Waals surface area (Å²) in [5.41, 5.74) is -0.0642. The zero-order valence-electron chi connectivity index (χ0n) is 11.7. The fourth-order valence-corrected chi connectivity index (χ4v) is 6.02. The minimum atomic E-state index is -0.0642. The molecule has 104 valence electrons. The Balaban J connectivity index is 1.86. The van der Waals surface area contributed by atoms with Crippen molar-refractivity contribution >= 4 is 11.7 Å². The molecule has 0 aromatic carbocycles. The quantitative estimate of drug-likeness (QED) is 0.671. The number of piperidine rings is 2. The van der Waals surface area contributed by atoms with Gasteiger partial charge in [-0.25, -0.2) is 0 Å². The summed E-state index contributed by atoms with van der Waals surface area (Å²) in [4.78, 5) is 27.1. The second kappa shape index (κ2) is 3.83. The molecule has 3 heteroatoms. The summed E-state index contributed by atoms with van der Waals surface area (Å²) in [5.74, 6) is 2.79. The molecule has 5 atom stereocenters. The Morgan fingerprint density at radius 2 is 2.11 bits per heavy atom. The average Bonchev–Trinajstić information content (AvgIpc) is 2.35. The van der Waals surface area contributed by atoms with E-state index in [0.29, 0.717) is 29.4 Å². The van der Waals surface area contributed by atoms with Gasteiger partial charge < -0.3 is 4.90 Å². The van der Waals surface area contributed by atoms with Gasteiger partial charge in [0.1, 0.15) is 5.78 Å². The molecular formula is C16H23NO2. The van der Waals surface area contributed by atoms with E-state index < -0.39 is 0 Å². The Morgan fingerprint density at radius 3 is 2.95 bits per heavy atom. The van der Waals surface area contributed by atoms with E-state index in [0.717, 1.165) is 45.1 Å². The predicted octanol–water partition coefficient (Wildman–Crippen LogP) is 2.39. The van der Waals surface area contributed by atoms with Gasteiger partial charge in [-0.1, -0.05) is 6.92 Å². The zero-order valence-corrected chi connectivity index (χ0v) is 11.7. The molecule has 0 radical (unpaired) electrons. The van der Waals surface area contributed by atoms with E-state index in [1.807, 2.05) is 0 Å². The predicted molar refractivity (Wildman–Crippen MR) is 71.4 cm³/mol. The fourth-order valence-electron chi connectivity index (χ4n) is 6.02. The largest absolute Gasteiger partial charge is 0.336 e. The molecule has 3 nitrogen and oxygen atoms in total. The van der Waals surface area contributed by atoms with Crippen LogP contribution in [0.1, 0.15) is 51.9 Å². The smallest absolute Gasteiger partial charge is 0.223 e. The lowest BCUT2D eigenvalue weighted by atomic mass is 9.48. The number of ketones is 1. The van der Waals surface area contributed by atoms with Crippen molar-refractivity contribution < 1.29 is 9.59 Å². The summed E-state index contributed by atoms with van der Waals surface area (Å²) < 4.78 is 0. The van der Waals surface area contributed by atoms with Crippen molar-refractivity contribution in [3.8, 4) is 0 Å². The van der Waals surface area contributed by atoms with Gasteiger partial charge in [0.25, 0.3) is 0 Å². The van der Waals surface area contributed by atoms with Crippen LogP contribution in [-0.2, 0) is 9.59 Å². The topological polar surface area (TPSA) is 37.4 Å². The highest BCUT2D eigenvalue weighted by Gasteiger charge is 2.63. The van der Waals surface area contributed by atoms with Gasteiger partial charge in [-0.15, -0.1) is 0 Å². The minimum absolute atomic E-state index is 0.0642. The second-order valence-electron chi connectivity index (χ2n) is 7.35. The van der Waals surface area contributed by atoms with E-state index >= 15 is 0 Å². The molecule has 4 aliphatic rings. The maximum absolute atomic E-state index is 12.5. The number of rotatable bonds is 0. The first-order valence-corrected chi connectivity index (χ1v) is 7.96. The SMILES string of the molecule is CC1CC2CC(=O)C3CCCN4C(=O)CCC2C34C1. The van der Waals surface area contributed by atoms with Crippen LogP contribution in [0, 0.1) is 23.7 Å². The van der Waals surface area contributed by atoms with Crippen molar-refractivity contribution in [1.82, 2.24) is 4.90 Å². The van der Waals surface area contributed by atoms with Crippen LogP contribution < -0.4 is 0 Å². The van der Waals surface area contributed by atoms with Crippen molar-refractivity contribution in [2.75, 3.05) is 6.54 Å². The van der Waals surface area contributed by atoms with E-state index in [4.69, 9.17) is 0 Å². The van der Waals surface area contributed by atoms with Gasteiger partial charge in [-0.2, -0.15) is 0 Å². The highest BCUT2D eigenvalue weighted by molar-refractivity contribution is 5.87. The highest BCUT2D eigenvalue weighted by atomic mass is 16.2. The van der Waals surface area contributed by atoms with Gasteiger partial charge in [0.15, 0.2) is 0 Å². The Bertz CT molecular complexity index is 438. The van der Waals surface area contributed by atoms with E-state index in [9.17, 15) is 9.59 Å². The third-order valence-corrected chi connectivity index (χ3v) is 6.39. The van der Waals surface area contributed by atoms with Crippen LogP contribution in [-0.4, -0.2) is 28.7 Å². The summed E-state index contributed by atoms with van der Waals surface area (Å²) in [6.45, 7) is 3.22.